The van der Waals surface area contributed by atoms with Gasteiger partial charge in [0.15, 0.2) is 17.1 Å². The van der Waals surface area contributed by atoms with Crippen LogP contribution in [0.1, 0.15) is 11.1 Å². The van der Waals surface area contributed by atoms with Crippen molar-refractivity contribution in [1.29, 1.82) is 0 Å². The standard InChI is InChI=1S/C27H20F2IN3O3/c28-27(29)36-22-8-4-7-21(13-22)35-25-11-19(9-10-24(25)34-16-18-5-2-1-3-6-18)15-33-17-32-23-12-20(30)14-31-26(23)33/h1-14,17,27H,15-16H2. The van der Waals surface area contributed by atoms with E-state index in [-0.39, 0.29) is 5.75 Å². The Kier molecular flexibility index (Phi) is 7.26. The van der Waals surface area contributed by atoms with Crippen molar-refractivity contribution in [2.24, 2.45) is 0 Å². The minimum absolute atomic E-state index is 0.0102. The average Bonchev–Trinajstić information content (AvgIpc) is 3.25. The number of fused-ring (bicyclic) bond motifs is 1. The molecular formula is C27H20F2IN3O3. The van der Waals surface area contributed by atoms with E-state index in [1.807, 2.05) is 59.2 Å². The molecule has 3 aromatic carbocycles. The van der Waals surface area contributed by atoms with Gasteiger partial charge in [-0.25, -0.2) is 9.97 Å². The van der Waals surface area contributed by atoms with Gasteiger partial charge in [0.05, 0.1) is 12.9 Å². The zero-order valence-corrected chi connectivity index (χ0v) is 21.0. The van der Waals surface area contributed by atoms with E-state index in [1.54, 1.807) is 24.7 Å². The lowest BCUT2D eigenvalue weighted by Gasteiger charge is -2.15. The van der Waals surface area contributed by atoms with Gasteiger partial charge in [-0.15, -0.1) is 0 Å². The summed E-state index contributed by atoms with van der Waals surface area (Å²) >= 11 is 2.21. The fraction of sp³-hybridized carbons (Fsp3) is 0.111. The Balaban J connectivity index is 1.43. The lowest BCUT2D eigenvalue weighted by molar-refractivity contribution is -0.0499. The van der Waals surface area contributed by atoms with Crippen molar-refractivity contribution in [3.8, 4) is 23.0 Å². The van der Waals surface area contributed by atoms with Gasteiger partial charge in [-0.05, 0) is 64.0 Å². The van der Waals surface area contributed by atoms with Crippen LogP contribution in [0.3, 0.4) is 0 Å². The van der Waals surface area contributed by atoms with Gasteiger partial charge in [0.25, 0.3) is 0 Å². The Bertz CT molecular complexity index is 1480. The second-order valence-corrected chi connectivity index (χ2v) is 9.13. The highest BCUT2D eigenvalue weighted by Crippen LogP contribution is 2.35. The summed E-state index contributed by atoms with van der Waals surface area (Å²) in [4.78, 5) is 8.95. The van der Waals surface area contributed by atoms with Crippen LogP contribution in [0.4, 0.5) is 8.78 Å². The molecule has 6 nitrogen and oxygen atoms in total. The molecule has 0 aliphatic carbocycles. The molecule has 9 heteroatoms. The molecule has 0 unspecified atom stereocenters. The fourth-order valence-corrected chi connectivity index (χ4v) is 4.10. The zero-order valence-electron chi connectivity index (χ0n) is 18.9. The SMILES string of the molecule is FC(F)Oc1cccc(Oc2cc(Cn3cnc4cc(I)cnc43)ccc2OCc2ccccc2)c1. The molecule has 0 aliphatic rings. The summed E-state index contributed by atoms with van der Waals surface area (Å²) in [5.41, 5.74) is 3.53. The summed E-state index contributed by atoms with van der Waals surface area (Å²) < 4.78 is 45.0. The van der Waals surface area contributed by atoms with Crippen molar-refractivity contribution in [2.45, 2.75) is 19.8 Å². The predicted molar refractivity (Wildman–Crippen MR) is 140 cm³/mol. The number of benzene rings is 3. The molecule has 5 aromatic rings. The van der Waals surface area contributed by atoms with E-state index >= 15 is 0 Å². The van der Waals surface area contributed by atoms with Crippen LogP contribution >= 0.6 is 22.6 Å². The second kappa shape index (κ2) is 10.9. The smallest absolute Gasteiger partial charge is 0.387 e. The summed E-state index contributed by atoms with van der Waals surface area (Å²) in [6, 6.07) is 23.5. The number of halogens is 3. The molecule has 0 aliphatic heterocycles. The Morgan fingerprint density at radius 1 is 0.833 bits per heavy atom. The van der Waals surface area contributed by atoms with E-state index in [1.165, 1.54) is 12.1 Å². The molecule has 0 saturated carbocycles. The number of imidazole rings is 1. The topological polar surface area (TPSA) is 58.4 Å². The maximum absolute atomic E-state index is 12.7. The van der Waals surface area contributed by atoms with E-state index in [2.05, 4.69) is 37.3 Å². The third kappa shape index (κ3) is 5.91. The Hall–Kier alpha value is -3.73. The highest BCUT2D eigenvalue weighted by Gasteiger charge is 2.13. The molecule has 0 spiro atoms. The first-order valence-corrected chi connectivity index (χ1v) is 12.1. The van der Waals surface area contributed by atoms with Gasteiger partial charge < -0.3 is 18.8 Å². The largest absolute Gasteiger partial charge is 0.485 e. The molecule has 0 bridgehead atoms. The van der Waals surface area contributed by atoms with Crippen LogP contribution in [-0.2, 0) is 13.2 Å². The van der Waals surface area contributed by atoms with Gasteiger partial charge in [0.1, 0.15) is 23.6 Å². The molecular weight excluding hydrogens is 579 g/mol. The lowest BCUT2D eigenvalue weighted by Crippen LogP contribution is -2.03. The second-order valence-electron chi connectivity index (χ2n) is 7.88. The monoisotopic (exact) mass is 599 g/mol. The van der Waals surface area contributed by atoms with Crippen LogP contribution < -0.4 is 14.2 Å². The minimum Gasteiger partial charge on any atom is -0.485 e. The van der Waals surface area contributed by atoms with Crippen molar-refractivity contribution >= 4 is 33.8 Å². The lowest BCUT2D eigenvalue weighted by atomic mass is 10.2. The highest BCUT2D eigenvalue weighted by atomic mass is 127. The third-order valence-corrected chi connectivity index (χ3v) is 5.87. The number of rotatable bonds is 9. The van der Waals surface area contributed by atoms with Crippen LogP contribution in [0, 0.1) is 3.57 Å². The first-order valence-electron chi connectivity index (χ1n) is 11.0. The molecule has 0 saturated heterocycles. The normalized spacial score (nSPS) is 11.1. The van der Waals surface area contributed by atoms with E-state index in [0.29, 0.717) is 30.4 Å². The first kappa shape index (κ1) is 24.0. The number of pyridine rings is 1. The molecule has 2 aromatic heterocycles. The quantitative estimate of drug-likeness (QED) is 0.170. The number of hydrogen-bond acceptors (Lipinski definition) is 5. The highest BCUT2D eigenvalue weighted by molar-refractivity contribution is 14.1. The van der Waals surface area contributed by atoms with Gasteiger partial charge in [0, 0.05) is 15.8 Å². The summed E-state index contributed by atoms with van der Waals surface area (Å²) in [5, 5.41) is 0. The predicted octanol–water partition coefficient (Wildman–Crippen LogP) is 7.06. The number of nitrogens with zero attached hydrogens (tertiary/aromatic N) is 3. The van der Waals surface area contributed by atoms with Crippen molar-refractivity contribution in [3.05, 3.63) is 106 Å². The zero-order chi connectivity index (χ0) is 24.9. The van der Waals surface area contributed by atoms with Crippen molar-refractivity contribution in [1.82, 2.24) is 14.5 Å². The van der Waals surface area contributed by atoms with E-state index < -0.39 is 6.61 Å². The Morgan fingerprint density at radius 3 is 2.50 bits per heavy atom. The average molecular weight is 599 g/mol. The van der Waals surface area contributed by atoms with E-state index in [0.717, 1.165) is 25.9 Å². The van der Waals surface area contributed by atoms with Crippen LogP contribution in [0.15, 0.2) is 91.4 Å². The third-order valence-electron chi connectivity index (χ3n) is 5.28. The summed E-state index contributed by atoms with van der Waals surface area (Å²) in [6.45, 7) is -2.07. The fourth-order valence-electron chi connectivity index (χ4n) is 3.66. The Morgan fingerprint density at radius 2 is 1.67 bits per heavy atom. The molecule has 0 amide bonds. The molecule has 0 N–H and O–H groups in total. The van der Waals surface area contributed by atoms with E-state index in [4.69, 9.17) is 9.47 Å². The molecule has 0 atom stereocenters. The number of hydrogen-bond donors (Lipinski definition) is 0. The van der Waals surface area contributed by atoms with E-state index in [9.17, 15) is 8.78 Å². The maximum Gasteiger partial charge on any atom is 0.387 e. The minimum atomic E-state index is -2.92. The molecule has 36 heavy (non-hydrogen) atoms. The van der Waals surface area contributed by atoms with Crippen molar-refractivity contribution in [2.75, 3.05) is 0 Å². The van der Waals surface area contributed by atoms with Crippen molar-refractivity contribution < 1.29 is 23.0 Å². The Labute approximate surface area is 219 Å². The van der Waals surface area contributed by atoms with Crippen molar-refractivity contribution in [3.63, 3.8) is 0 Å². The van der Waals surface area contributed by atoms with Gasteiger partial charge in [0.2, 0.25) is 0 Å². The maximum atomic E-state index is 12.7. The molecule has 0 fully saturated rings. The first-order chi connectivity index (χ1) is 17.5. The van der Waals surface area contributed by atoms with Gasteiger partial charge in [-0.3, -0.25) is 0 Å². The van der Waals surface area contributed by atoms with Crippen LogP contribution in [0.25, 0.3) is 11.2 Å². The molecule has 5 rings (SSSR count). The molecule has 182 valence electrons. The summed E-state index contributed by atoms with van der Waals surface area (Å²) in [6.07, 6.45) is 3.55. The summed E-state index contributed by atoms with van der Waals surface area (Å²) in [5.74, 6) is 1.32. The number of aromatic nitrogens is 3. The number of ether oxygens (including phenoxy) is 3. The van der Waals surface area contributed by atoms with Crippen LogP contribution in [0.2, 0.25) is 0 Å². The summed E-state index contributed by atoms with van der Waals surface area (Å²) in [7, 11) is 0. The van der Waals surface area contributed by atoms with Gasteiger partial charge in [-0.2, -0.15) is 8.78 Å². The van der Waals surface area contributed by atoms with Crippen LogP contribution in [-0.4, -0.2) is 21.1 Å². The van der Waals surface area contributed by atoms with Gasteiger partial charge in [-0.1, -0.05) is 42.5 Å². The van der Waals surface area contributed by atoms with Crippen LogP contribution in [0.5, 0.6) is 23.0 Å². The molecule has 0 radical (unpaired) electrons. The van der Waals surface area contributed by atoms with Gasteiger partial charge >= 0.3 is 6.61 Å². The molecule has 2 heterocycles. The number of alkyl halides is 2.